The molecule has 1 aliphatic heterocycles. The van der Waals surface area contributed by atoms with Crippen molar-refractivity contribution in [2.24, 2.45) is 0 Å². The number of benzene rings is 2. The van der Waals surface area contributed by atoms with E-state index in [0.717, 1.165) is 5.56 Å². The highest BCUT2D eigenvalue weighted by Gasteiger charge is 2.27. The van der Waals surface area contributed by atoms with Crippen molar-refractivity contribution in [3.8, 4) is 28.4 Å². The molecule has 1 aromatic heterocycles. The van der Waals surface area contributed by atoms with Gasteiger partial charge in [-0.05, 0) is 43.7 Å². The number of ether oxygens (including phenoxy) is 2. The van der Waals surface area contributed by atoms with Gasteiger partial charge in [-0.3, -0.25) is 4.79 Å². The Morgan fingerprint density at radius 3 is 2.58 bits per heavy atom. The second kappa shape index (κ2) is 5.66. The molecule has 0 saturated carbocycles. The van der Waals surface area contributed by atoms with Crippen LogP contribution in [0.2, 0.25) is 0 Å². The van der Waals surface area contributed by atoms with Crippen molar-refractivity contribution in [2.45, 2.75) is 19.4 Å². The maximum absolute atomic E-state index is 13.1. The minimum atomic E-state index is -0.446. The maximum Gasteiger partial charge on any atom is 0.204 e. The van der Waals surface area contributed by atoms with E-state index in [0.29, 0.717) is 33.6 Å². The minimum absolute atomic E-state index is 0.135. The summed E-state index contributed by atoms with van der Waals surface area (Å²) in [5, 5.41) is 9.82. The van der Waals surface area contributed by atoms with Gasteiger partial charge in [-0.1, -0.05) is 12.1 Å². The number of phenols is 1. The number of methoxy groups -OCH3 is 1. The molecule has 1 N–H and O–H groups in total. The van der Waals surface area contributed by atoms with Gasteiger partial charge in [0.25, 0.3) is 0 Å². The van der Waals surface area contributed by atoms with Crippen LogP contribution >= 0.6 is 0 Å². The van der Waals surface area contributed by atoms with E-state index in [9.17, 15) is 9.90 Å². The van der Waals surface area contributed by atoms with Crippen LogP contribution in [0.1, 0.15) is 19.4 Å². The second-order valence-corrected chi connectivity index (χ2v) is 6.76. The first-order valence-electron chi connectivity index (χ1n) is 8.24. The van der Waals surface area contributed by atoms with E-state index >= 15 is 0 Å². The normalized spacial score (nSPS) is 14.7. The van der Waals surface area contributed by atoms with Gasteiger partial charge in [-0.15, -0.1) is 0 Å². The molecule has 0 unspecified atom stereocenters. The third-order valence-corrected chi connectivity index (χ3v) is 4.43. The fourth-order valence-electron chi connectivity index (χ4n) is 3.14. The molecule has 0 saturated heterocycles. The lowest BCUT2D eigenvalue weighted by atomic mass is 9.98. The van der Waals surface area contributed by atoms with Gasteiger partial charge in [0, 0.05) is 6.07 Å². The molecule has 0 bridgehead atoms. The van der Waals surface area contributed by atoms with Crippen LogP contribution in [0.3, 0.4) is 0 Å². The van der Waals surface area contributed by atoms with Crippen LogP contribution in [0.15, 0.2) is 51.9 Å². The quantitative estimate of drug-likeness (QED) is 0.744. The Hall–Kier alpha value is -3.21. The number of hydrogen-bond acceptors (Lipinski definition) is 5. The van der Waals surface area contributed by atoms with Gasteiger partial charge in [0.1, 0.15) is 40.1 Å². The van der Waals surface area contributed by atoms with E-state index in [1.54, 1.807) is 18.2 Å². The summed E-state index contributed by atoms with van der Waals surface area (Å²) in [5.41, 5.74) is 1.53. The Kier molecular flexibility index (Phi) is 3.54. The number of hydrogen-bond donors (Lipinski definition) is 1. The molecule has 0 amide bonds. The Balaban J connectivity index is 2.01. The predicted molar refractivity (Wildman–Crippen MR) is 99.9 cm³/mol. The van der Waals surface area contributed by atoms with E-state index in [1.165, 1.54) is 25.5 Å². The average molecular weight is 350 g/mol. The van der Waals surface area contributed by atoms with Crippen LogP contribution < -0.4 is 14.9 Å². The van der Waals surface area contributed by atoms with Crippen molar-refractivity contribution in [3.63, 3.8) is 0 Å². The molecular formula is C21H18O5. The third-order valence-electron chi connectivity index (χ3n) is 4.43. The zero-order valence-corrected chi connectivity index (χ0v) is 14.7. The van der Waals surface area contributed by atoms with Gasteiger partial charge in [-0.2, -0.15) is 0 Å². The maximum atomic E-state index is 13.1. The topological polar surface area (TPSA) is 68.9 Å². The molecule has 0 radical (unpaired) electrons. The molecule has 3 aromatic rings. The number of rotatable bonds is 2. The molecule has 5 heteroatoms. The second-order valence-electron chi connectivity index (χ2n) is 6.76. The zero-order valence-electron chi connectivity index (χ0n) is 14.7. The molecule has 4 rings (SSSR count). The minimum Gasteiger partial charge on any atom is -0.508 e. The molecule has 5 nitrogen and oxygen atoms in total. The summed E-state index contributed by atoms with van der Waals surface area (Å²) < 4.78 is 17.3. The van der Waals surface area contributed by atoms with Crippen molar-refractivity contribution in [1.29, 1.82) is 0 Å². The largest absolute Gasteiger partial charge is 0.508 e. The van der Waals surface area contributed by atoms with Gasteiger partial charge in [0.05, 0.1) is 18.2 Å². The van der Waals surface area contributed by atoms with E-state index < -0.39 is 5.60 Å². The number of aromatic hydroxyl groups is 1. The smallest absolute Gasteiger partial charge is 0.204 e. The van der Waals surface area contributed by atoms with Crippen molar-refractivity contribution in [2.75, 3.05) is 7.11 Å². The van der Waals surface area contributed by atoms with Crippen molar-refractivity contribution >= 4 is 17.0 Å². The summed E-state index contributed by atoms with van der Waals surface area (Å²) in [6.45, 7) is 3.90. The summed E-state index contributed by atoms with van der Waals surface area (Å²) >= 11 is 0. The molecule has 2 heterocycles. The molecule has 0 spiro atoms. The first-order chi connectivity index (χ1) is 12.4. The van der Waals surface area contributed by atoms with Crippen LogP contribution in [0.4, 0.5) is 0 Å². The van der Waals surface area contributed by atoms with Crippen LogP contribution in [0.5, 0.6) is 17.2 Å². The highest BCUT2D eigenvalue weighted by atomic mass is 16.5. The predicted octanol–water partition coefficient (Wildman–Crippen LogP) is 4.36. The van der Waals surface area contributed by atoms with Gasteiger partial charge in [-0.25, -0.2) is 0 Å². The van der Waals surface area contributed by atoms with E-state index in [2.05, 4.69) is 0 Å². The molecule has 0 aliphatic carbocycles. The van der Waals surface area contributed by atoms with Crippen LogP contribution in [-0.4, -0.2) is 17.8 Å². The highest BCUT2D eigenvalue weighted by Crippen LogP contribution is 2.41. The first kappa shape index (κ1) is 16.3. The van der Waals surface area contributed by atoms with Crippen LogP contribution in [0.25, 0.3) is 28.2 Å². The third kappa shape index (κ3) is 2.52. The monoisotopic (exact) mass is 350 g/mol. The van der Waals surface area contributed by atoms with E-state index in [-0.39, 0.29) is 11.2 Å². The fourth-order valence-corrected chi connectivity index (χ4v) is 3.14. The van der Waals surface area contributed by atoms with Gasteiger partial charge >= 0.3 is 0 Å². The molecule has 26 heavy (non-hydrogen) atoms. The molecular weight excluding hydrogens is 332 g/mol. The van der Waals surface area contributed by atoms with Crippen molar-refractivity contribution in [3.05, 3.63) is 58.5 Å². The summed E-state index contributed by atoms with van der Waals surface area (Å²) in [5.74, 6) is 1.18. The summed E-state index contributed by atoms with van der Waals surface area (Å²) in [7, 11) is 1.52. The van der Waals surface area contributed by atoms with E-state index in [4.69, 9.17) is 13.9 Å². The van der Waals surface area contributed by atoms with Crippen molar-refractivity contribution in [1.82, 2.24) is 0 Å². The van der Waals surface area contributed by atoms with Crippen LogP contribution in [0, 0.1) is 0 Å². The van der Waals surface area contributed by atoms with Gasteiger partial charge in [0.15, 0.2) is 0 Å². The first-order valence-corrected chi connectivity index (χ1v) is 8.24. The average Bonchev–Trinajstić information content (AvgIpc) is 2.60. The molecule has 1 aliphatic rings. The summed E-state index contributed by atoms with van der Waals surface area (Å²) in [6, 6.07) is 8.12. The molecule has 0 atom stereocenters. The summed E-state index contributed by atoms with van der Waals surface area (Å²) in [4.78, 5) is 13.1. The molecule has 0 fully saturated rings. The van der Waals surface area contributed by atoms with E-state index in [1.807, 2.05) is 26.0 Å². The lowest BCUT2D eigenvalue weighted by Gasteiger charge is -2.28. The fraction of sp³-hybridized carbons (Fsp3) is 0.190. The number of fused-ring (bicyclic) bond motifs is 2. The lowest BCUT2D eigenvalue weighted by Crippen LogP contribution is -2.27. The standard InChI is InChI=1S/C21H18O5/c1-21(2)9-8-14-16(26-21)10-17-18(20(14)24-3)19(23)15(11-25-17)12-4-6-13(22)7-5-12/h4-11,22H,1-3H3. The van der Waals surface area contributed by atoms with Crippen LogP contribution in [-0.2, 0) is 0 Å². The summed E-state index contributed by atoms with van der Waals surface area (Å²) in [6.07, 6.45) is 5.26. The number of phenolic OH excluding ortho intramolecular Hbond substituents is 1. The highest BCUT2D eigenvalue weighted by molar-refractivity contribution is 5.93. The zero-order chi connectivity index (χ0) is 18.5. The Bertz CT molecular complexity index is 1090. The van der Waals surface area contributed by atoms with Crippen molar-refractivity contribution < 1.29 is 19.0 Å². The van der Waals surface area contributed by atoms with Gasteiger partial charge < -0.3 is 19.0 Å². The molecule has 2 aromatic carbocycles. The SMILES string of the molecule is COc1c2c(cc3occ(-c4ccc(O)cc4)c(=O)c13)OC(C)(C)C=C2. The Labute approximate surface area is 150 Å². The molecule has 132 valence electrons. The Morgan fingerprint density at radius 2 is 1.88 bits per heavy atom. The lowest BCUT2D eigenvalue weighted by molar-refractivity contribution is 0.158. The van der Waals surface area contributed by atoms with Gasteiger partial charge in [0.2, 0.25) is 5.43 Å². The Morgan fingerprint density at radius 1 is 1.15 bits per heavy atom.